The normalized spacial score (nSPS) is 18.0. The molecule has 0 saturated heterocycles. The highest BCUT2D eigenvalue weighted by atomic mass is 28.3. The summed E-state index contributed by atoms with van der Waals surface area (Å²) < 4.78 is 5.93. The van der Waals surface area contributed by atoms with Crippen molar-refractivity contribution in [3.05, 3.63) is 65.7 Å². The quantitative estimate of drug-likeness (QED) is 0.753. The summed E-state index contributed by atoms with van der Waals surface area (Å²) in [6, 6.07) is 19.6. The van der Waals surface area contributed by atoms with Crippen LogP contribution in [0.2, 0.25) is 13.1 Å². The zero-order chi connectivity index (χ0) is 17.4. The third-order valence-corrected chi connectivity index (χ3v) is 9.52. The van der Waals surface area contributed by atoms with Crippen LogP contribution in [-0.4, -0.2) is 26.1 Å². The first-order chi connectivity index (χ1) is 11.3. The first-order valence-electron chi connectivity index (χ1n) is 8.69. The maximum atomic E-state index is 5.93. The van der Waals surface area contributed by atoms with E-state index in [1.54, 1.807) is 0 Å². The molecule has 0 bridgehead atoms. The molecule has 2 nitrogen and oxygen atoms in total. The summed E-state index contributed by atoms with van der Waals surface area (Å²) in [5.41, 5.74) is 2.87. The van der Waals surface area contributed by atoms with Gasteiger partial charge in [0.1, 0.15) is 6.61 Å². The molecule has 2 aromatic rings. The largest absolute Gasteiger partial charge is 0.475 e. The van der Waals surface area contributed by atoms with E-state index in [4.69, 9.17) is 9.73 Å². The van der Waals surface area contributed by atoms with E-state index >= 15 is 0 Å². The Morgan fingerprint density at radius 3 is 2.25 bits per heavy atom. The van der Waals surface area contributed by atoms with Gasteiger partial charge in [0, 0.05) is 5.56 Å². The number of rotatable bonds is 4. The van der Waals surface area contributed by atoms with Gasteiger partial charge in [0.25, 0.3) is 0 Å². The number of hydrogen-bond donors (Lipinski definition) is 0. The molecule has 3 rings (SSSR count). The van der Waals surface area contributed by atoms with E-state index in [0.717, 1.165) is 11.5 Å². The monoisotopic (exact) mass is 337 g/mol. The molecule has 3 heteroatoms. The van der Waals surface area contributed by atoms with Crippen LogP contribution in [-0.2, 0) is 4.74 Å². The summed E-state index contributed by atoms with van der Waals surface area (Å²) in [6.45, 7) is 12.2. The van der Waals surface area contributed by atoms with Crippen molar-refractivity contribution in [3.8, 4) is 0 Å². The molecule has 0 spiro atoms. The number of aliphatic imine (C=N–C) groups is 1. The summed E-state index contributed by atoms with van der Waals surface area (Å²) in [6.07, 6.45) is 0. The average molecular weight is 338 g/mol. The van der Waals surface area contributed by atoms with Crippen molar-refractivity contribution in [2.45, 2.75) is 44.9 Å². The summed E-state index contributed by atoms with van der Waals surface area (Å²) in [4.78, 5) is 4.80. The molecule has 1 aliphatic rings. The fourth-order valence-electron chi connectivity index (χ4n) is 3.30. The van der Waals surface area contributed by atoms with Crippen LogP contribution >= 0.6 is 0 Å². The van der Waals surface area contributed by atoms with Crippen LogP contribution < -0.4 is 5.19 Å². The third kappa shape index (κ3) is 3.18. The molecular formula is C21H27NOSi. The smallest absolute Gasteiger partial charge is 0.217 e. The Labute approximate surface area is 146 Å². The van der Waals surface area contributed by atoms with E-state index in [1.165, 1.54) is 10.8 Å². The zero-order valence-electron chi connectivity index (χ0n) is 15.3. The lowest BCUT2D eigenvalue weighted by molar-refractivity contribution is 0.279. The van der Waals surface area contributed by atoms with Gasteiger partial charge in [0.05, 0.1) is 13.6 Å². The molecule has 0 saturated carbocycles. The molecule has 2 aromatic carbocycles. The average Bonchev–Trinajstić information content (AvgIpc) is 2.95. The van der Waals surface area contributed by atoms with E-state index in [9.17, 15) is 0 Å². The standard InChI is InChI=1S/C21H27NOSi/c1-16(24(4,5)17-11-7-6-8-12-17)18-13-9-10-14-19(18)20-22-21(2,3)15-23-20/h6-14,16H,15H2,1-5H3. The van der Waals surface area contributed by atoms with Crippen LogP contribution in [0.1, 0.15) is 37.4 Å². The van der Waals surface area contributed by atoms with Gasteiger partial charge in [0.2, 0.25) is 5.90 Å². The van der Waals surface area contributed by atoms with Gasteiger partial charge in [0.15, 0.2) is 0 Å². The van der Waals surface area contributed by atoms with E-state index < -0.39 is 8.07 Å². The predicted octanol–water partition coefficient (Wildman–Crippen LogP) is 4.50. The summed E-state index contributed by atoms with van der Waals surface area (Å²) in [5.74, 6) is 0.806. The Hall–Kier alpha value is -1.87. The SMILES string of the molecule is CC(c1ccccc1C1=NC(C)(C)CO1)[Si](C)(C)c1ccccc1. The van der Waals surface area contributed by atoms with Gasteiger partial charge in [-0.05, 0) is 31.0 Å². The van der Waals surface area contributed by atoms with Crippen LogP contribution in [0.15, 0.2) is 59.6 Å². The second-order valence-electron chi connectivity index (χ2n) is 7.91. The van der Waals surface area contributed by atoms with Gasteiger partial charge < -0.3 is 4.74 Å². The molecule has 0 N–H and O–H groups in total. The first-order valence-corrected chi connectivity index (χ1v) is 11.8. The predicted molar refractivity (Wildman–Crippen MR) is 105 cm³/mol. The Balaban J connectivity index is 2.01. The van der Waals surface area contributed by atoms with Gasteiger partial charge in [-0.15, -0.1) is 0 Å². The Morgan fingerprint density at radius 1 is 1.00 bits per heavy atom. The summed E-state index contributed by atoms with van der Waals surface area (Å²) in [5, 5.41) is 1.49. The lowest BCUT2D eigenvalue weighted by Crippen LogP contribution is -2.47. The Kier molecular flexibility index (Phi) is 4.39. The molecule has 0 aliphatic carbocycles. The van der Waals surface area contributed by atoms with Gasteiger partial charge in [-0.1, -0.05) is 73.7 Å². The topological polar surface area (TPSA) is 21.6 Å². The van der Waals surface area contributed by atoms with Crippen molar-refractivity contribution in [2.75, 3.05) is 6.61 Å². The fraction of sp³-hybridized carbons (Fsp3) is 0.381. The Bertz CT molecular complexity index is 749. The fourth-order valence-corrected chi connectivity index (χ4v) is 5.88. The highest BCUT2D eigenvalue weighted by molar-refractivity contribution is 6.90. The molecule has 0 amide bonds. The van der Waals surface area contributed by atoms with Crippen LogP contribution in [0, 0.1) is 0 Å². The molecule has 1 aliphatic heterocycles. The molecule has 24 heavy (non-hydrogen) atoms. The Morgan fingerprint density at radius 2 is 1.62 bits per heavy atom. The molecule has 1 atom stereocenters. The molecule has 1 unspecified atom stereocenters. The maximum Gasteiger partial charge on any atom is 0.217 e. The van der Waals surface area contributed by atoms with Crippen molar-refractivity contribution in [1.82, 2.24) is 0 Å². The molecule has 126 valence electrons. The van der Waals surface area contributed by atoms with Gasteiger partial charge in [-0.25, -0.2) is 4.99 Å². The molecule has 1 heterocycles. The van der Waals surface area contributed by atoms with Crippen molar-refractivity contribution in [3.63, 3.8) is 0 Å². The zero-order valence-corrected chi connectivity index (χ0v) is 16.3. The van der Waals surface area contributed by atoms with E-state index in [1.807, 2.05) is 0 Å². The number of nitrogens with zero attached hydrogens (tertiary/aromatic N) is 1. The minimum absolute atomic E-state index is 0.127. The van der Waals surface area contributed by atoms with Crippen LogP contribution in [0.5, 0.6) is 0 Å². The highest BCUT2D eigenvalue weighted by Gasteiger charge is 2.35. The molecule has 0 radical (unpaired) electrons. The van der Waals surface area contributed by atoms with Gasteiger partial charge in [-0.2, -0.15) is 0 Å². The van der Waals surface area contributed by atoms with Crippen LogP contribution in [0.25, 0.3) is 0 Å². The molecule has 0 aromatic heterocycles. The minimum Gasteiger partial charge on any atom is -0.475 e. The van der Waals surface area contributed by atoms with Crippen molar-refractivity contribution >= 4 is 19.2 Å². The third-order valence-electron chi connectivity index (χ3n) is 5.22. The van der Waals surface area contributed by atoms with E-state index in [0.29, 0.717) is 12.1 Å². The van der Waals surface area contributed by atoms with Gasteiger partial charge >= 0.3 is 0 Å². The number of hydrogen-bond acceptors (Lipinski definition) is 2. The number of ether oxygens (including phenoxy) is 1. The minimum atomic E-state index is -1.65. The van der Waals surface area contributed by atoms with Crippen molar-refractivity contribution < 1.29 is 4.74 Å². The van der Waals surface area contributed by atoms with Crippen LogP contribution in [0.4, 0.5) is 0 Å². The molecule has 0 fully saturated rings. The van der Waals surface area contributed by atoms with E-state index in [2.05, 4.69) is 88.5 Å². The van der Waals surface area contributed by atoms with Crippen molar-refractivity contribution in [2.24, 2.45) is 4.99 Å². The van der Waals surface area contributed by atoms with Crippen LogP contribution in [0.3, 0.4) is 0 Å². The van der Waals surface area contributed by atoms with Crippen molar-refractivity contribution in [1.29, 1.82) is 0 Å². The second kappa shape index (κ2) is 6.21. The lowest BCUT2D eigenvalue weighted by Gasteiger charge is -2.32. The summed E-state index contributed by atoms with van der Waals surface area (Å²) in [7, 11) is -1.65. The highest BCUT2D eigenvalue weighted by Crippen LogP contribution is 2.31. The van der Waals surface area contributed by atoms with Gasteiger partial charge in [-0.3, -0.25) is 0 Å². The van der Waals surface area contributed by atoms with E-state index in [-0.39, 0.29) is 5.54 Å². The maximum absolute atomic E-state index is 5.93. The molecular weight excluding hydrogens is 310 g/mol. The lowest BCUT2D eigenvalue weighted by atomic mass is 10.0. The summed E-state index contributed by atoms with van der Waals surface area (Å²) >= 11 is 0. The second-order valence-corrected chi connectivity index (χ2v) is 12.8. The number of benzene rings is 2. The first kappa shape index (κ1) is 17.0.